The van der Waals surface area contributed by atoms with Gasteiger partial charge in [-0.15, -0.1) is 5.10 Å². The van der Waals surface area contributed by atoms with E-state index in [1.165, 1.54) is 31.2 Å². The number of anilines is 2. The summed E-state index contributed by atoms with van der Waals surface area (Å²) in [6.07, 6.45) is 8.91. The van der Waals surface area contributed by atoms with Gasteiger partial charge in [-0.2, -0.15) is 5.26 Å². The van der Waals surface area contributed by atoms with Gasteiger partial charge in [0.05, 0.1) is 41.4 Å². The first-order valence-corrected chi connectivity index (χ1v) is 12.5. The quantitative estimate of drug-likeness (QED) is 0.281. The van der Waals surface area contributed by atoms with E-state index in [4.69, 9.17) is 11.6 Å². The molecule has 0 aliphatic heterocycles. The number of aromatic nitrogens is 4. The van der Waals surface area contributed by atoms with Crippen LogP contribution in [0.3, 0.4) is 0 Å². The number of nitrogens with one attached hydrogen (secondary N) is 2. The van der Waals surface area contributed by atoms with Crippen molar-refractivity contribution in [3.63, 3.8) is 0 Å². The Morgan fingerprint density at radius 1 is 1.22 bits per heavy atom. The number of pyridine rings is 1. The highest BCUT2D eigenvalue weighted by molar-refractivity contribution is 6.35. The molecule has 0 radical (unpaired) electrons. The van der Waals surface area contributed by atoms with Crippen LogP contribution in [0, 0.1) is 23.1 Å². The molecular formula is C27H25ClFN7. The first kappa shape index (κ1) is 21.6. The maximum atomic E-state index is 13.7. The highest BCUT2D eigenvalue weighted by atomic mass is 35.5. The summed E-state index contributed by atoms with van der Waals surface area (Å²) in [5.41, 5.74) is 3.10. The first-order chi connectivity index (χ1) is 17.9. The van der Waals surface area contributed by atoms with Gasteiger partial charge in [0, 0.05) is 23.8 Å². The monoisotopic (exact) mass is 502 g/mol. The van der Waals surface area contributed by atoms with Gasteiger partial charge in [-0.25, -0.2) is 9.07 Å². The largest absolute Gasteiger partial charge is 0.383 e. The van der Waals surface area contributed by atoms with Crippen molar-refractivity contribution < 1.29 is 5.76 Å². The summed E-state index contributed by atoms with van der Waals surface area (Å²) in [5, 5.41) is 26.0. The summed E-state index contributed by atoms with van der Waals surface area (Å²) in [7, 11) is 0. The molecule has 2 aliphatic carbocycles. The lowest BCUT2D eigenvalue weighted by Crippen LogP contribution is -2.13. The second kappa shape index (κ2) is 9.40. The number of nitrogens with zero attached hydrogens (tertiary/aromatic N) is 5. The van der Waals surface area contributed by atoms with Crippen molar-refractivity contribution in [2.75, 3.05) is 17.2 Å². The smallest absolute Gasteiger partial charge is 0.123 e. The van der Waals surface area contributed by atoms with Crippen molar-refractivity contribution in [2.45, 2.75) is 44.2 Å². The zero-order valence-electron chi connectivity index (χ0n) is 20.5. The van der Waals surface area contributed by atoms with Gasteiger partial charge >= 0.3 is 0 Å². The topological polar surface area (TPSA) is 91.5 Å². The highest BCUT2D eigenvalue weighted by Crippen LogP contribution is 2.38. The molecule has 2 heterocycles. The van der Waals surface area contributed by atoms with E-state index in [0.717, 1.165) is 31.7 Å². The Morgan fingerprint density at radius 3 is 2.75 bits per heavy atom. The lowest BCUT2D eigenvalue weighted by Gasteiger charge is -2.20. The molecule has 0 saturated heterocycles. The molecule has 0 unspecified atom stereocenters. The van der Waals surface area contributed by atoms with Crippen LogP contribution in [0.4, 0.5) is 15.8 Å². The average molecular weight is 503 g/mol. The summed E-state index contributed by atoms with van der Waals surface area (Å²) in [6.45, 7) is 0.746. The molecule has 2 aliphatic rings. The van der Waals surface area contributed by atoms with Gasteiger partial charge in [0.2, 0.25) is 0 Å². The van der Waals surface area contributed by atoms with Gasteiger partial charge in [0.25, 0.3) is 0 Å². The van der Waals surface area contributed by atoms with Gasteiger partial charge in [-0.1, -0.05) is 41.8 Å². The van der Waals surface area contributed by atoms with Crippen LogP contribution in [0.15, 0.2) is 48.8 Å². The molecule has 6 rings (SSSR count). The van der Waals surface area contributed by atoms with Gasteiger partial charge < -0.3 is 10.6 Å². The first-order valence-electron chi connectivity index (χ1n) is 12.7. The van der Waals surface area contributed by atoms with Gasteiger partial charge in [-0.05, 0) is 55.0 Å². The van der Waals surface area contributed by atoms with Crippen LogP contribution in [0.1, 0.15) is 62.4 Å². The lowest BCUT2D eigenvalue weighted by atomic mass is 10.0. The van der Waals surface area contributed by atoms with E-state index in [2.05, 4.69) is 32.0 Å². The number of hydrogen-bond acceptors (Lipinski definition) is 6. The van der Waals surface area contributed by atoms with E-state index in [1.807, 2.05) is 6.07 Å². The van der Waals surface area contributed by atoms with Crippen molar-refractivity contribution in [3.05, 3.63) is 76.5 Å². The molecule has 182 valence electrons. The SMILES string of the molecule is [2H][C@](Nc1cc(Cl)c2ncc(C#N)c(NCCC3CC3)c2c1)(c1ccc(F)cc1)c1cn(C2CC2)nn1. The third-order valence-electron chi connectivity index (χ3n) is 6.69. The molecule has 0 spiro atoms. The van der Waals surface area contributed by atoms with Crippen molar-refractivity contribution in [1.29, 1.82) is 5.26 Å². The molecule has 7 nitrogen and oxygen atoms in total. The van der Waals surface area contributed by atoms with E-state index >= 15 is 0 Å². The average Bonchev–Trinajstić information content (AvgIpc) is 3.84. The molecule has 2 aromatic carbocycles. The summed E-state index contributed by atoms with van der Waals surface area (Å²) >= 11 is 6.66. The molecule has 1 atom stereocenters. The van der Waals surface area contributed by atoms with E-state index in [-0.39, 0.29) is 0 Å². The maximum absolute atomic E-state index is 13.7. The Balaban J connectivity index is 1.42. The summed E-state index contributed by atoms with van der Waals surface area (Å²) in [5.74, 6) is 0.356. The Hall–Kier alpha value is -3.70. The fraction of sp³-hybridized carbons (Fsp3) is 0.333. The predicted octanol–water partition coefficient (Wildman–Crippen LogP) is 6.24. The maximum Gasteiger partial charge on any atom is 0.123 e. The van der Waals surface area contributed by atoms with Gasteiger partial charge in [-0.3, -0.25) is 4.98 Å². The highest BCUT2D eigenvalue weighted by Gasteiger charge is 2.27. The Kier molecular flexibility index (Phi) is 5.63. The second-order valence-corrected chi connectivity index (χ2v) is 9.90. The molecule has 2 N–H and O–H groups in total. The fourth-order valence-corrected chi connectivity index (χ4v) is 4.64. The van der Waals surface area contributed by atoms with Gasteiger partial charge in [0.1, 0.15) is 17.6 Å². The predicted molar refractivity (Wildman–Crippen MR) is 137 cm³/mol. The van der Waals surface area contributed by atoms with Crippen LogP contribution in [0.25, 0.3) is 10.9 Å². The molecule has 36 heavy (non-hydrogen) atoms. The van der Waals surface area contributed by atoms with Crippen LogP contribution in [0.2, 0.25) is 5.02 Å². The molecular weight excluding hydrogens is 477 g/mol. The molecule has 0 bridgehead atoms. The molecule has 9 heteroatoms. The van der Waals surface area contributed by atoms with E-state index in [1.54, 1.807) is 29.1 Å². The molecule has 2 saturated carbocycles. The Bertz CT molecular complexity index is 1510. The van der Waals surface area contributed by atoms with Crippen molar-refractivity contribution in [2.24, 2.45) is 5.92 Å². The van der Waals surface area contributed by atoms with E-state index < -0.39 is 11.8 Å². The van der Waals surface area contributed by atoms with Crippen LogP contribution < -0.4 is 10.6 Å². The van der Waals surface area contributed by atoms with Crippen LogP contribution in [-0.4, -0.2) is 26.5 Å². The number of hydrogen-bond donors (Lipinski definition) is 2. The number of halogens is 2. The standard InChI is InChI=1S/C27H25ClFN7/c28-23-12-20(11-22-25(31-10-9-16-1-2-16)18(13-30)14-32-27(22)23)33-26(17-3-5-19(29)6-4-17)24-15-36(35-34-24)21-7-8-21/h3-6,11-12,14-16,21,26,33H,1-2,7-10H2,(H,31,32)/t26-/m0/s1/i26D. The van der Waals surface area contributed by atoms with Crippen LogP contribution in [0.5, 0.6) is 0 Å². The van der Waals surface area contributed by atoms with Crippen LogP contribution >= 0.6 is 11.6 Å². The third kappa shape index (κ3) is 4.71. The lowest BCUT2D eigenvalue weighted by molar-refractivity contribution is 0.610. The Morgan fingerprint density at radius 2 is 2.03 bits per heavy atom. The van der Waals surface area contributed by atoms with Crippen molar-refractivity contribution in [3.8, 4) is 6.07 Å². The number of rotatable bonds is 9. The summed E-state index contributed by atoms with van der Waals surface area (Å²) in [6, 6.07) is 10.3. The minimum Gasteiger partial charge on any atom is -0.383 e. The number of fused-ring (bicyclic) bond motifs is 1. The van der Waals surface area contributed by atoms with Crippen LogP contribution in [-0.2, 0) is 0 Å². The minimum absolute atomic E-state index is 0.300. The second-order valence-electron chi connectivity index (χ2n) is 9.49. The van der Waals surface area contributed by atoms with Crippen molar-refractivity contribution >= 4 is 33.9 Å². The molecule has 0 amide bonds. The van der Waals surface area contributed by atoms with Gasteiger partial charge in [0.15, 0.2) is 0 Å². The minimum atomic E-state index is -1.57. The number of benzene rings is 2. The third-order valence-corrected chi connectivity index (χ3v) is 6.97. The number of nitriles is 1. The summed E-state index contributed by atoms with van der Waals surface area (Å²) < 4.78 is 25.0. The molecule has 2 aromatic heterocycles. The molecule has 2 fully saturated rings. The zero-order chi connectivity index (χ0) is 25.6. The normalized spacial score (nSPS) is 17.3. The van der Waals surface area contributed by atoms with Crippen molar-refractivity contribution in [1.82, 2.24) is 20.0 Å². The fourth-order valence-electron chi connectivity index (χ4n) is 4.37. The molecule has 4 aromatic rings. The van der Waals surface area contributed by atoms with E-state index in [9.17, 15) is 11.0 Å². The summed E-state index contributed by atoms with van der Waals surface area (Å²) in [4.78, 5) is 4.42. The van der Waals surface area contributed by atoms with E-state index in [0.29, 0.717) is 50.2 Å². The Labute approximate surface area is 214 Å². The zero-order valence-corrected chi connectivity index (χ0v) is 20.3.